The summed E-state index contributed by atoms with van der Waals surface area (Å²) in [5, 5.41) is 10.3. The molecule has 0 aliphatic rings. The van der Waals surface area contributed by atoms with Gasteiger partial charge in [0, 0.05) is 10.9 Å². The molecule has 18 heavy (non-hydrogen) atoms. The fraction of sp³-hybridized carbons (Fsp3) is 0.467. The third kappa shape index (κ3) is 4.56. The van der Waals surface area contributed by atoms with Gasteiger partial charge in [0.15, 0.2) is 0 Å². The quantitative estimate of drug-likeness (QED) is 0.757. The highest BCUT2D eigenvalue weighted by Crippen LogP contribution is 2.15. The maximum Gasteiger partial charge on any atom is 0.0118 e. The Morgan fingerprint density at radius 3 is 2.89 bits per heavy atom. The number of nitrogens with one attached hydrogen (secondary N) is 1. The van der Waals surface area contributed by atoms with Gasteiger partial charge < -0.3 is 5.32 Å². The molecule has 0 radical (unpaired) electrons. The molecular formula is C15H21NS2. The third-order valence-electron chi connectivity index (χ3n) is 3.07. The molecule has 1 unspecified atom stereocenters. The standard InChI is InChI=1S/C15H21NS2/c1-2-8-16-14(11-15-4-3-9-18-15)6-5-13-7-10-17-12-13/h3-4,7,9-10,12,14,16H,2,5-6,8,11H2,1H3. The van der Waals surface area contributed by atoms with Crippen LogP contribution in [0.5, 0.6) is 0 Å². The highest BCUT2D eigenvalue weighted by Gasteiger charge is 2.09. The van der Waals surface area contributed by atoms with Gasteiger partial charge in [0.2, 0.25) is 0 Å². The summed E-state index contributed by atoms with van der Waals surface area (Å²) in [6.07, 6.45) is 4.80. The summed E-state index contributed by atoms with van der Waals surface area (Å²) in [6.45, 7) is 3.35. The van der Waals surface area contributed by atoms with Crippen molar-refractivity contribution in [1.29, 1.82) is 0 Å². The van der Waals surface area contributed by atoms with E-state index in [1.54, 1.807) is 11.3 Å². The van der Waals surface area contributed by atoms with Crippen LogP contribution < -0.4 is 5.32 Å². The molecule has 2 aromatic heterocycles. The van der Waals surface area contributed by atoms with Crippen molar-refractivity contribution in [2.45, 2.75) is 38.6 Å². The second kappa shape index (κ2) is 7.72. The van der Waals surface area contributed by atoms with Crippen LogP contribution in [0.25, 0.3) is 0 Å². The molecule has 0 aliphatic carbocycles. The minimum absolute atomic E-state index is 0.614. The first kappa shape index (κ1) is 13.8. The maximum atomic E-state index is 3.68. The van der Waals surface area contributed by atoms with E-state index in [0.717, 1.165) is 6.54 Å². The molecule has 0 amide bonds. The first-order chi connectivity index (χ1) is 8.88. The minimum atomic E-state index is 0.614. The second-order valence-electron chi connectivity index (χ2n) is 4.60. The normalized spacial score (nSPS) is 12.7. The van der Waals surface area contributed by atoms with Gasteiger partial charge >= 0.3 is 0 Å². The Balaban J connectivity index is 1.84. The number of hydrogen-bond donors (Lipinski definition) is 1. The minimum Gasteiger partial charge on any atom is -0.314 e. The summed E-state index contributed by atoms with van der Waals surface area (Å²) < 4.78 is 0. The van der Waals surface area contributed by atoms with Gasteiger partial charge in [-0.05, 0) is 66.1 Å². The summed E-state index contributed by atoms with van der Waals surface area (Å²) in [5.41, 5.74) is 1.48. The lowest BCUT2D eigenvalue weighted by molar-refractivity contribution is 0.480. The molecular weight excluding hydrogens is 258 g/mol. The molecule has 0 spiro atoms. The Hall–Kier alpha value is -0.640. The summed E-state index contributed by atoms with van der Waals surface area (Å²) >= 11 is 3.67. The van der Waals surface area contributed by atoms with Gasteiger partial charge in [-0.3, -0.25) is 0 Å². The molecule has 98 valence electrons. The van der Waals surface area contributed by atoms with Crippen LogP contribution in [0.1, 0.15) is 30.2 Å². The average Bonchev–Trinajstić information content (AvgIpc) is 3.05. The van der Waals surface area contributed by atoms with Crippen molar-refractivity contribution in [3.05, 3.63) is 44.8 Å². The van der Waals surface area contributed by atoms with Crippen molar-refractivity contribution < 1.29 is 0 Å². The monoisotopic (exact) mass is 279 g/mol. The predicted molar refractivity (Wildman–Crippen MR) is 82.7 cm³/mol. The molecule has 2 heterocycles. The molecule has 3 heteroatoms. The highest BCUT2D eigenvalue weighted by molar-refractivity contribution is 7.09. The molecule has 1 atom stereocenters. The van der Waals surface area contributed by atoms with Gasteiger partial charge in [0.1, 0.15) is 0 Å². The van der Waals surface area contributed by atoms with Gasteiger partial charge in [0.05, 0.1) is 0 Å². The smallest absolute Gasteiger partial charge is 0.0118 e. The first-order valence-corrected chi connectivity index (χ1v) is 8.47. The Bertz CT molecular complexity index is 406. The lowest BCUT2D eigenvalue weighted by Crippen LogP contribution is -2.32. The van der Waals surface area contributed by atoms with E-state index in [4.69, 9.17) is 0 Å². The van der Waals surface area contributed by atoms with Crippen LogP contribution in [0.4, 0.5) is 0 Å². The van der Waals surface area contributed by atoms with E-state index in [1.165, 1.54) is 36.1 Å². The molecule has 0 saturated heterocycles. The Morgan fingerprint density at radius 1 is 1.28 bits per heavy atom. The Morgan fingerprint density at radius 2 is 2.22 bits per heavy atom. The Labute approximate surface area is 118 Å². The van der Waals surface area contributed by atoms with Crippen LogP contribution in [-0.2, 0) is 12.8 Å². The van der Waals surface area contributed by atoms with E-state index >= 15 is 0 Å². The topological polar surface area (TPSA) is 12.0 Å². The number of aryl methyl sites for hydroxylation is 1. The van der Waals surface area contributed by atoms with E-state index in [1.807, 2.05) is 11.3 Å². The summed E-state index contributed by atoms with van der Waals surface area (Å²) in [7, 11) is 0. The molecule has 0 saturated carbocycles. The first-order valence-electron chi connectivity index (χ1n) is 6.65. The van der Waals surface area contributed by atoms with Crippen LogP contribution in [-0.4, -0.2) is 12.6 Å². The van der Waals surface area contributed by atoms with Crippen LogP contribution in [0.15, 0.2) is 34.3 Å². The van der Waals surface area contributed by atoms with Crippen molar-refractivity contribution in [3.8, 4) is 0 Å². The zero-order chi connectivity index (χ0) is 12.6. The van der Waals surface area contributed by atoms with Gasteiger partial charge in [-0.1, -0.05) is 13.0 Å². The van der Waals surface area contributed by atoms with Crippen molar-refractivity contribution >= 4 is 22.7 Å². The van der Waals surface area contributed by atoms with Gasteiger partial charge in [0.25, 0.3) is 0 Å². The average molecular weight is 279 g/mol. The lowest BCUT2D eigenvalue weighted by atomic mass is 10.0. The van der Waals surface area contributed by atoms with E-state index < -0.39 is 0 Å². The summed E-state index contributed by atoms with van der Waals surface area (Å²) in [5.74, 6) is 0. The van der Waals surface area contributed by atoms with E-state index in [-0.39, 0.29) is 0 Å². The van der Waals surface area contributed by atoms with Crippen molar-refractivity contribution in [3.63, 3.8) is 0 Å². The van der Waals surface area contributed by atoms with Crippen LogP contribution in [0.2, 0.25) is 0 Å². The Kier molecular flexibility index (Phi) is 5.91. The van der Waals surface area contributed by atoms with Crippen LogP contribution in [0.3, 0.4) is 0 Å². The van der Waals surface area contributed by atoms with Gasteiger partial charge in [-0.25, -0.2) is 0 Å². The fourth-order valence-corrected chi connectivity index (χ4v) is 3.56. The van der Waals surface area contributed by atoms with Crippen molar-refractivity contribution in [1.82, 2.24) is 5.32 Å². The molecule has 1 N–H and O–H groups in total. The van der Waals surface area contributed by atoms with Crippen LogP contribution >= 0.6 is 22.7 Å². The molecule has 2 rings (SSSR count). The van der Waals surface area contributed by atoms with E-state index in [9.17, 15) is 0 Å². The summed E-state index contributed by atoms with van der Waals surface area (Å²) in [6, 6.07) is 7.25. The largest absolute Gasteiger partial charge is 0.314 e. The van der Waals surface area contributed by atoms with E-state index in [2.05, 4.69) is 46.6 Å². The molecule has 0 aromatic carbocycles. The maximum absolute atomic E-state index is 3.68. The fourth-order valence-electron chi connectivity index (χ4n) is 2.07. The molecule has 0 bridgehead atoms. The van der Waals surface area contributed by atoms with Crippen molar-refractivity contribution in [2.75, 3.05) is 6.54 Å². The molecule has 2 aromatic rings. The third-order valence-corrected chi connectivity index (χ3v) is 4.70. The van der Waals surface area contributed by atoms with E-state index in [0.29, 0.717) is 6.04 Å². The SMILES string of the molecule is CCCNC(CCc1ccsc1)Cc1cccs1. The second-order valence-corrected chi connectivity index (χ2v) is 6.42. The van der Waals surface area contributed by atoms with Gasteiger partial charge in [-0.15, -0.1) is 11.3 Å². The zero-order valence-electron chi connectivity index (χ0n) is 10.9. The number of rotatable bonds is 8. The van der Waals surface area contributed by atoms with Gasteiger partial charge in [-0.2, -0.15) is 11.3 Å². The molecule has 1 nitrogen and oxygen atoms in total. The summed E-state index contributed by atoms with van der Waals surface area (Å²) in [4.78, 5) is 1.49. The number of thiophene rings is 2. The predicted octanol–water partition coefficient (Wildman–Crippen LogP) is 4.35. The van der Waals surface area contributed by atoms with Crippen LogP contribution in [0, 0.1) is 0 Å². The highest BCUT2D eigenvalue weighted by atomic mass is 32.1. The number of hydrogen-bond acceptors (Lipinski definition) is 3. The molecule has 0 aliphatic heterocycles. The molecule has 0 fully saturated rings. The van der Waals surface area contributed by atoms with Crippen molar-refractivity contribution in [2.24, 2.45) is 0 Å². The lowest BCUT2D eigenvalue weighted by Gasteiger charge is -2.17. The zero-order valence-corrected chi connectivity index (χ0v) is 12.5.